The molecule has 0 saturated heterocycles. The molecule has 0 aliphatic rings. The highest BCUT2D eigenvalue weighted by molar-refractivity contribution is 6.02. The van der Waals surface area contributed by atoms with Crippen molar-refractivity contribution < 1.29 is 4.74 Å². The van der Waals surface area contributed by atoms with Gasteiger partial charge in [0.25, 0.3) is 5.56 Å². The van der Waals surface area contributed by atoms with Crippen LogP contribution in [0.25, 0.3) is 10.8 Å². The average Bonchev–Trinajstić information content (AvgIpc) is 2.63. The number of rotatable bonds is 6. The Morgan fingerprint density at radius 1 is 1.24 bits per heavy atom. The van der Waals surface area contributed by atoms with Gasteiger partial charge < -0.3 is 4.74 Å². The lowest BCUT2D eigenvalue weighted by molar-refractivity contribution is 0.317. The molecule has 0 aliphatic heterocycles. The molecule has 2 N–H and O–H groups in total. The van der Waals surface area contributed by atoms with Crippen LogP contribution >= 0.6 is 0 Å². The van der Waals surface area contributed by atoms with Crippen LogP contribution in [0.1, 0.15) is 24.6 Å². The van der Waals surface area contributed by atoms with E-state index in [-0.39, 0.29) is 11.5 Å². The van der Waals surface area contributed by atoms with Crippen molar-refractivity contribution in [2.45, 2.75) is 20.3 Å². The van der Waals surface area contributed by atoms with Gasteiger partial charge in [0.05, 0.1) is 12.8 Å². The van der Waals surface area contributed by atoms with Crippen LogP contribution in [0.2, 0.25) is 0 Å². The minimum atomic E-state index is -0.301. The molecule has 3 aromatic rings. The van der Waals surface area contributed by atoms with Crippen molar-refractivity contribution in [3.05, 3.63) is 58.0 Å². The van der Waals surface area contributed by atoms with Crippen molar-refractivity contribution in [3.63, 3.8) is 0 Å². The van der Waals surface area contributed by atoms with Gasteiger partial charge in [-0.15, -0.1) is 10.2 Å². The summed E-state index contributed by atoms with van der Waals surface area (Å²) in [5.74, 6) is 0.942. The predicted molar refractivity (Wildman–Crippen MR) is 98.3 cm³/mol. The molecule has 0 atom stereocenters. The molecule has 0 unspecified atom stereocenters. The number of hydrogen-bond acceptors (Lipinski definition) is 6. The van der Waals surface area contributed by atoms with Gasteiger partial charge in [-0.2, -0.15) is 5.10 Å². The number of aromatic amines is 1. The lowest BCUT2D eigenvalue weighted by Crippen LogP contribution is -2.15. The average molecular weight is 337 g/mol. The maximum atomic E-state index is 11.6. The van der Waals surface area contributed by atoms with Gasteiger partial charge in [-0.1, -0.05) is 37.3 Å². The molecule has 0 aliphatic carbocycles. The van der Waals surface area contributed by atoms with E-state index in [0.717, 1.165) is 28.5 Å². The Kier molecular flexibility index (Phi) is 5.03. The molecule has 2 aromatic carbocycles. The van der Waals surface area contributed by atoms with Gasteiger partial charge in [-0.25, -0.2) is 5.43 Å². The van der Waals surface area contributed by atoms with E-state index in [9.17, 15) is 4.79 Å². The fourth-order valence-corrected chi connectivity index (χ4v) is 2.35. The van der Waals surface area contributed by atoms with Crippen molar-refractivity contribution in [1.29, 1.82) is 0 Å². The summed E-state index contributed by atoms with van der Waals surface area (Å²) in [5.41, 5.74) is 3.56. The second-order valence-corrected chi connectivity index (χ2v) is 5.51. The molecule has 0 radical (unpaired) electrons. The number of benzene rings is 2. The fraction of sp³-hybridized carbons (Fsp3) is 0.222. The topological polar surface area (TPSA) is 92.3 Å². The van der Waals surface area contributed by atoms with E-state index in [1.807, 2.05) is 36.4 Å². The molecule has 7 heteroatoms. The number of H-pyrrole nitrogens is 1. The summed E-state index contributed by atoms with van der Waals surface area (Å²) in [5, 5.41) is 13.9. The molecular weight excluding hydrogens is 318 g/mol. The largest absolute Gasteiger partial charge is 0.493 e. The van der Waals surface area contributed by atoms with Crippen LogP contribution in [0.4, 0.5) is 5.95 Å². The first kappa shape index (κ1) is 16.6. The maximum absolute atomic E-state index is 11.6. The number of nitrogens with zero attached hydrogens (tertiary/aromatic N) is 3. The lowest BCUT2D eigenvalue weighted by Gasteiger charge is -2.11. The minimum Gasteiger partial charge on any atom is -0.493 e. The summed E-state index contributed by atoms with van der Waals surface area (Å²) >= 11 is 0. The highest BCUT2D eigenvalue weighted by Crippen LogP contribution is 2.26. The first-order valence-electron chi connectivity index (χ1n) is 8.06. The van der Waals surface area contributed by atoms with Gasteiger partial charge in [-0.05, 0) is 30.2 Å². The molecule has 0 fully saturated rings. The number of aryl methyl sites for hydroxylation is 1. The summed E-state index contributed by atoms with van der Waals surface area (Å²) in [6.45, 7) is 4.28. The van der Waals surface area contributed by atoms with Crippen LogP contribution in [0.5, 0.6) is 5.75 Å². The molecule has 0 spiro atoms. The Bertz CT molecular complexity index is 965. The van der Waals surface area contributed by atoms with Gasteiger partial charge in [0.1, 0.15) is 11.4 Å². The summed E-state index contributed by atoms with van der Waals surface area (Å²) in [7, 11) is 0. The molecule has 0 bridgehead atoms. The zero-order chi connectivity index (χ0) is 17.6. The summed E-state index contributed by atoms with van der Waals surface area (Å²) in [6.07, 6.45) is 2.58. The number of hydrazone groups is 1. The first-order valence-corrected chi connectivity index (χ1v) is 8.06. The molecule has 0 saturated carbocycles. The Balaban J connectivity index is 1.92. The van der Waals surface area contributed by atoms with Gasteiger partial charge in [0, 0.05) is 5.56 Å². The Morgan fingerprint density at radius 3 is 2.88 bits per heavy atom. The first-order chi connectivity index (χ1) is 12.2. The van der Waals surface area contributed by atoms with E-state index in [2.05, 4.69) is 32.6 Å². The van der Waals surface area contributed by atoms with Gasteiger partial charge >= 0.3 is 0 Å². The van der Waals surface area contributed by atoms with Crippen LogP contribution < -0.4 is 15.7 Å². The second kappa shape index (κ2) is 7.57. The number of anilines is 1. The van der Waals surface area contributed by atoms with Gasteiger partial charge in [0.2, 0.25) is 5.95 Å². The number of nitrogens with one attached hydrogen (secondary N) is 2. The van der Waals surface area contributed by atoms with Crippen LogP contribution in [0.15, 0.2) is 46.3 Å². The maximum Gasteiger partial charge on any atom is 0.274 e. The zero-order valence-electron chi connectivity index (χ0n) is 14.1. The van der Waals surface area contributed by atoms with E-state index < -0.39 is 0 Å². The van der Waals surface area contributed by atoms with Crippen molar-refractivity contribution in [1.82, 2.24) is 15.2 Å². The van der Waals surface area contributed by atoms with Crippen LogP contribution in [-0.4, -0.2) is 28.0 Å². The van der Waals surface area contributed by atoms with Crippen molar-refractivity contribution in [2.75, 3.05) is 12.0 Å². The fourth-order valence-electron chi connectivity index (χ4n) is 2.35. The summed E-state index contributed by atoms with van der Waals surface area (Å²) in [6, 6.07) is 12.0. The Labute approximate surface area is 144 Å². The van der Waals surface area contributed by atoms with Crippen LogP contribution in [0, 0.1) is 6.92 Å². The van der Waals surface area contributed by atoms with Crippen molar-refractivity contribution >= 4 is 22.9 Å². The molecule has 7 nitrogen and oxygen atoms in total. The van der Waals surface area contributed by atoms with E-state index >= 15 is 0 Å². The Hall–Kier alpha value is -3.22. The van der Waals surface area contributed by atoms with E-state index in [0.29, 0.717) is 12.3 Å². The summed E-state index contributed by atoms with van der Waals surface area (Å²) in [4.78, 5) is 14.1. The van der Waals surface area contributed by atoms with Crippen molar-refractivity contribution in [3.8, 4) is 5.75 Å². The van der Waals surface area contributed by atoms with E-state index in [4.69, 9.17) is 4.74 Å². The number of hydrogen-bond donors (Lipinski definition) is 2. The molecular formula is C18H19N5O2. The van der Waals surface area contributed by atoms with Crippen molar-refractivity contribution in [2.24, 2.45) is 5.10 Å². The molecule has 3 rings (SSSR count). The summed E-state index contributed by atoms with van der Waals surface area (Å²) < 4.78 is 5.83. The van der Waals surface area contributed by atoms with Crippen LogP contribution in [0.3, 0.4) is 0 Å². The van der Waals surface area contributed by atoms with E-state index in [1.165, 1.54) is 0 Å². The van der Waals surface area contributed by atoms with Gasteiger partial charge in [0.15, 0.2) is 0 Å². The highest BCUT2D eigenvalue weighted by Gasteiger charge is 2.07. The molecule has 25 heavy (non-hydrogen) atoms. The normalized spacial score (nSPS) is 11.1. The lowest BCUT2D eigenvalue weighted by atomic mass is 10.0. The number of ether oxygens (including phenoxy) is 1. The standard InChI is InChI=1S/C18H19N5O2/c1-3-10-25-16-9-8-13-6-4-5-7-14(13)15(16)11-19-22-18-20-17(24)12(2)21-23-18/h4-9,11H,3,10H2,1-2H3,(H2,20,22,23,24)/b19-11-. The molecule has 128 valence electrons. The Morgan fingerprint density at radius 2 is 2.08 bits per heavy atom. The third kappa shape index (κ3) is 3.82. The molecule has 1 heterocycles. The predicted octanol–water partition coefficient (Wildman–Crippen LogP) is 2.86. The molecule has 0 amide bonds. The highest BCUT2D eigenvalue weighted by atomic mass is 16.5. The third-order valence-corrected chi connectivity index (χ3v) is 3.62. The SMILES string of the molecule is CCCOc1ccc2ccccc2c1/C=N\Nc1nnc(C)c(=O)[nH]1. The molecule has 1 aromatic heterocycles. The number of fused-ring (bicyclic) bond motifs is 1. The quantitative estimate of drug-likeness (QED) is 0.533. The van der Waals surface area contributed by atoms with Gasteiger partial charge in [-0.3, -0.25) is 9.78 Å². The van der Waals surface area contributed by atoms with E-state index in [1.54, 1.807) is 13.1 Å². The minimum absolute atomic E-state index is 0.183. The zero-order valence-corrected chi connectivity index (χ0v) is 14.1. The van der Waals surface area contributed by atoms with Crippen LogP contribution in [-0.2, 0) is 0 Å². The second-order valence-electron chi connectivity index (χ2n) is 5.51. The third-order valence-electron chi connectivity index (χ3n) is 3.62. The monoisotopic (exact) mass is 337 g/mol. The number of aromatic nitrogens is 3. The smallest absolute Gasteiger partial charge is 0.274 e.